The van der Waals surface area contributed by atoms with Gasteiger partial charge in [-0.2, -0.15) is 13.2 Å². The van der Waals surface area contributed by atoms with Crippen LogP contribution in [0, 0.1) is 0 Å². The predicted molar refractivity (Wildman–Crippen MR) is 61.3 cm³/mol. The van der Waals surface area contributed by atoms with E-state index in [1.54, 1.807) is 30.3 Å². The zero-order valence-electron chi connectivity index (χ0n) is 9.93. The van der Waals surface area contributed by atoms with Crippen LogP contribution in [0.1, 0.15) is 11.6 Å². The summed E-state index contributed by atoms with van der Waals surface area (Å²) in [6.45, 7) is -0.794. The molecule has 2 atom stereocenters. The van der Waals surface area contributed by atoms with Gasteiger partial charge in [0.2, 0.25) is 0 Å². The lowest BCUT2D eigenvalue weighted by Gasteiger charge is -2.31. The first kappa shape index (κ1) is 13.7. The molecule has 0 bridgehead atoms. The molecule has 1 amide bonds. The maximum atomic E-state index is 12.9. The number of benzene rings is 1. The molecule has 1 aromatic rings. The maximum Gasteiger partial charge on any atom is 0.411 e. The zero-order chi connectivity index (χ0) is 14.0. The number of rotatable bonds is 3. The lowest BCUT2D eigenvalue weighted by atomic mass is 10.1. The van der Waals surface area contributed by atoms with E-state index in [2.05, 4.69) is 0 Å². The van der Waals surface area contributed by atoms with Crippen LogP contribution in [0.25, 0.3) is 0 Å². The molecule has 4 nitrogen and oxygen atoms in total. The Balaban J connectivity index is 2.32. The smallest absolute Gasteiger partial charge is 0.411 e. The van der Waals surface area contributed by atoms with Gasteiger partial charge in [-0.1, -0.05) is 30.3 Å². The number of nitrogens with two attached hydrogens (primary N) is 1. The summed E-state index contributed by atoms with van der Waals surface area (Å²) >= 11 is 0. The van der Waals surface area contributed by atoms with Crippen molar-refractivity contribution in [3.63, 3.8) is 0 Å². The molecular weight excluding hydrogens is 261 g/mol. The molecule has 104 valence electrons. The van der Waals surface area contributed by atoms with Crippen LogP contribution >= 0.6 is 0 Å². The fraction of sp³-hybridized carbons (Fsp3) is 0.417. The molecule has 19 heavy (non-hydrogen) atoms. The molecule has 1 heterocycles. The molecule has 1 aliphatic rings. The van der Waals surface area contributed by atoms with Gasteiger partial charge in [0.1, 0.15) is 12.6 Å². The maximum absolute atomic E-state index is 12.9. The van der Waals surface area contributed by atoms with Gasteiger partial charge in [-0.15, -0.1) is 0 Å². The second kappa shape index (κ2) is 5.08. The highest BCUT2D eigenvalue weighted by molar-refractivity contribution is 5.71. The van der Waals surface area contributed by atoms with Crippen LogP contribution in [-0.4, -0.2) is 36.4 Å². The molecule has 7 heteroatoms. The van der Waals surface area contributed by atoms with E-state index in [1.807, 2.05) is 0 Å². The van der Waals surface area contributed by atoms with Gasteiger partial charge in [0.05, 0.1) is 6.04 Å². The molecule has 0 unspecified atom stereocenters. The van der Waals surface area contributed by atoms with E-state index in [-0.39, 0.29) is 6.61 Å². The van der Waals surface area contributed by atoms with Crippen molar-refractivity contribution in [1.29, 1.82) is 0 Å². The van der Waals surface area contributed by atoms with E-state index in [1.165, 1.54) is 0 Å². The van der Waals surface area contributed by atoms with Crippen molar-refractivity contribution in [1.82, 2.24) is 4.90 Å². The van der Waals surface area contributed by atoms with Crippen molar-refractivity contribution in [2.24, 2.45) is 5.73 Å². The molecule has 1 fully saturated rings. The number of alkyl halides is 3. The molecular formula is C12H13F3N2O2. The summed E-state index contributed by atoms with van der Waals surface area (Å²) in [6, 6.07) is 5.66. The first-order valence-electron chi connectivity index (χ1n) is 5.72. The van der Waals surface area contributed by atoms with Gasteiger partial charge in [-0.05, 0) is 5.56 Å². The van der Waals surface area contributed by atoms with Crippen LogP contribution in [0.3, 0.4) is 0 Å². The number of cyclic esters (lactones) is 1. The summed E-state index contributed by atoms with van der Waals surface area (Å²) in [7, 11) is 0. The number of carbonyl (C=O) groups is 1. The molecule has 0 radical (unpaired) electrons. The number of hydrogen-bond donors (Lipinski definition) is 1. The summed E-state index contributed by atoms with van der Waals surface area (Å²) < 4.78 is 43.5. The fourth-order valence-electron chi connectivity index (χ4n) is 2.11. The highest BCUT2D eigenvalue weighted by Crippen LogP contribution is 2.35. The summed E-state index contributed by atoms with van der Waals surface area (Å²) in [5.74, 6) is 0. The Labute approximate surface area is 107 Å². The number of halogens is 3. The summed E-state index contributed by atoms with van der Waals surface area (Å²) in [4.78, 5) is 12.2. The van der Waals surface area contributed by atoms with Gasteiger partial charge < -0.3 is 10.5 Å². The molecule has 0 aliphatic carbocycles. The van der Waals surface area contributed by atoms with Crippen molar-refractivity contribution in [3.8, 4) is 0 Å². The van der Waals surface area contributed by atoms with Crippen LogP contribution in [-0.2, 0) is 4.74 Å². The lowest BCUT2D eigenvalue weighted by molar-refractivity contribution is -0.176. The van der Waals surface area contributed by atoms with Gasteiger partial charge in [0.15, 0.2) is 0 Å². The monoisotopic (exact) mass is 274 g/mol. The minimum absolute atomic E-state index is 0.102. The van der Waals surface area contributed by atoms with Gasteiger partial charge >= 0.3 is 12.3 Å². The van der Waals surface area contributed by atoms with E-state index in [4.69, 9.17) is 10.5 Å². The SMILES string of the molecule is NC[C@H](N1C(=O)OC[C@H]1c1ccccc1)C(F)(F)F. The third kappa shape index (κ3) is 2.65. The van der Waals surface area contributed by atoms with Crippen LogP contribution < -0.4 is 5.73 Å². The first-order chi connectivity index (χ1) is 8.95. The standard InChI is InChI=1S/C12H13F3N2O2/c13-12(14,15)10(6-16)17-9(7-19-11(17)18)8-4-2-1-3-5-8/h1-5,9-10H,6-7,16H2/t9-,10-/m0/s1. The first-order valence-corrected chi connectivity index (χ1v) is 5.72. The number of amides is 1. The van der Waals surface area contributed by atoms with E-state index >= 15 is 0 Å². The van der Waals surface area contributed by atoms with Crippen LogP contribution in [0.4, 0.5) is 18.0 Å². The van der Waals surface area contributed by atoms with Crippen molar-refractivity contribution in [2.75, 3.05) is 13.2 Å². The minimum Gasteiger partial charge on any atom is -0.447 e. The topological polar surface area (TPSA) is 55.6 Å². The van der Waals surface area contributed by atoms with Crippen LogP contribution in [0.15, 0.2) is 30.3 Å². The average molecular weight is 274 g/mol. The third-order valence-electron chi connectivity index (χ3n) is 3.03. The quantitative estimate of drug-likeness (QED) is 0.918. The third-order valence-corrected chi connectivity index (χ3v) is 3.03. The van der Waals surface area contributed by atoms with Crippen molar-refractivity contribution >= 4 is 6.09 Å². The van der Waals surface area contributed by atoms with Crippen molar-refractivity contribution < 1.29 is 22.7 Å². The Hall–Kier alpha value is -1.76. The summed E-state index contributed by atoms with van der Waals surface area (Å²) in [5, 5.41) is 0. The Morgan fingerprint density at radius 3 is 2.53 bits per heavy atom. The molecule has 1 aromatic carbocycles. The second-order valence-electron chi connectivity index (χ2n) is 4.20. The van der Waals surface area contributed by atoms with E-state index in [9.17, 15) is 18.0 Å². The number of carbonyl (C=O) groups excluding carboxylic acids is 1. The van der Waals surface area contributed by atoms with E-state index in [0.29, 0.717) is 10.5 Å². The van der Waals surface area contributed by atoms with Gasteiger partial charge in [-0.3, -0.25) is 4.90 Å². The number of nitrogens with zero attached hydrogens (tertiary/aromatic N) is 1. The molecule has 2 N–H and O–H groups in total. The Bertz CT molecular complexity index is 450. The highest BCUT2D eigenvalue weighted by atomic mass is 19.4. The Kier molecular flexibility index (Phi) is 3.66. The molecule has 2 rings (SSSR count). The lowest BCUT2D eigenvalue weighted by Crippen LogP contribution is -2.51. The Morgan fingerprint density at radius 2 is 2.00 bits per heavy atom. The fourth-order valence-corrected chi connectivity index (χ4v) is 2.11. The predicted octanol–water partition coefficient (Wildman–Crippen LogP) is 2.07. The average Bonchev–Trinajstić information content (AvgIpc) is 2.72. The van der Waals surface area contributed by atoms with Crippen LogP contribution in [0.2, 0.25) is 0 Å². The van der Waals surface area contributed by atoms with Gasteiger partial charge in [0.25, 0.3) is 0 Å². The molecule has 1 saturated heterocycles. The normalized spacial score (nSPS) is 21.4. The number of hydrogen-bond acceptors (Lipinski definition) is 3. The molecule has 0 spiro atoms. The van der Waals surface area contributed by atoms with Crippen LogP contribution in [0.5, 0.6) is 0 Å². The van der Waals surface area contributed by atoms with Gasteiger partial charge in [-0.25, -0.2) is 4.79 Å². The van der Waals surface area contributed by atoms with Crippen molar-refractivity contribution in [3.05, 3.63) is 35.9 Å². The highest BCUT2D eigenvalue weighted by Gasteiger charge is 2.50. The number of ether oxygens (including phenoxy) is 1. The molecule has 0 saturated carbocycles. The minimum atomic E-state index is -4.58. The summed E-state index contributed by atoms with van der Waals surface area (Å²) in [5.41, 5.74) is 5.77. The largest absolute Gasteiger partial charge is 0.447 e. The zero-order valence-corrected chi connectivity index (χ0v) is 9.93. The second-order valence-corrected chi connectivity index (χ2v) is 4.20. The summed E-state index contributed by atoms with van der Waals surface area (Å²) in [6.07, 6.45) is -5.56. The van der Waals surface area contributed by atoms with E-state index in [0.717, 1.165) is 0 Å². The van der Waals surface area contributed by atoms with Gasteiger partial charge in [0, 0.05) is 6.54 Å². The van der Waals surface area contributed by atoms with E-state index < -0.39 is 30.9 Å². The van der Waals surface area contributed by atoms with Crippen molar-refractivity contribution in [2.45, 2.75) is 18.3 Å². The molecule has 0 aromatic heterocycles. The Morgan fingerprint density at radius 1 is 1.37 bits per heavy atom. The molecule has 1 aliphatic heterocycles.